The van der Waals surface area contributed by atoms with Gasteiger partial charge in [-0.1, -0.05) is 71.8 Å². The first-order chi connectivity index (χ1) is 14.8. The van der Waals surface area contributed by atoms with Crippen LogP contribution in [0.1, 0.15) is 50.7 Å². The van der Waals surface area contributed by atoms with Crippen molar-refractivity contribution in [3.63, 3.8) is 0 Å². The van der Waals surface area contributed by atoms with E-state index >= 15 is 0 Å². The second-order valence-corrected chi connectivity index (χ2v) is 7.88. The van der Waals surface area contributed by atoms with Crippen molar-refractivity contribution in [1.82, 2.24) is 0 Å². The van der Waals surface area contributed by atoms with Crippen LogP contribution >= 0.6 is 0 Å². The Kier molecular flexibility index (Phi) is 7.24. The average Bonchev–Trinajstić information content (AvgIpc) is 2.75. The van der Waals surface area contributed by atoms with E-state index in [0.29, 0.717) is 11.1 Å². The first kappa shape index (κ1) is 22.3. The van der Waals surface area contributed by atoms with Crippen LogP contribution in [0.25, 0.3) is 0 Å². The van der Waals surface area contributed by atoms with E-state index < -0.39 is 12.1 Å². The fourth-order valence-corrected chi connectivity index (χ4v) is 3.18. The van der Waals surface area contributed by atoms with Gasteiger partial charge < -0.3 is 9.47 Å². The van der Waals surface area contributed by atoms with Crippen molar-refractivity contribution in [2.75, 3.05) is 6.61 Å². The number of ether oxygens (including phenoxy) is 2. The van der Waals surface area contributed by atoms with Gasteiger partial charge >= 0.3 is 5.97 Å². The highest BCUT2D eigenvalue weighted by Gasteiger charge is 2.26. The molecular weight excluding hydrogens is 388 g/mol. The number of Topliss-reactive ketones (excluding diaryl/α,β-unsaturated/α-hetero) is 1. The molecular formula is C27H28O4. The summed E-state index contributed by atoms with van der Waals surface area (Å²) in [6.07, 6.45) is -0.937. The zero-order valence-electron chi connectivity index (χ0n) is 18.5. The van der Waals surface area contributed by atoms with Crippen LogP contribution in [0, 0.1) is 27.7 Å². The quantitative estimate of drug-likeness (QED) is 0.341. The number of ketones is 1. The van der Waals surface area contributed by atoms with Crippen molar-refractivity contribution >= 4 is 11.8 Å². The fourth-order valence-electron chi connectivity index (χ4n) is 3.18. The van der Waals surface area contributed by atoms with Crippen molar-refractivity contribution in [3.05, 3.63) is 100 Å². The Morgan fingerprint density at radius 2 is 1.35 bits per heavy atom. The molecule has 3 aromatic carbocycles. The number of carbonyl (C=O) groups excluding carboxylic acids is 2. The Morgan fingerprint density at radius 1 is 0.774 bits per heavy atom. The summed E-state index contributed by atoms with van der Waals surface area (Å²) in [5.74, 6) is 0.0302. The first-order valence-electron chi connectivity index (χ1n) is 10.4. The van der Waals surface area contributed by atoms with E-state index in [0.717, 1.165) is 28.0 Å². The van der Waals surface area contributed by atoms with Crippen LogP contribution in [-0.4, -0.2) is 18.4 Å². The molecule has 4 nitrogen and oxygen atoms in total. The zero-order chi connectivity index (χ0) is 22.4. The minimum atomic E-state index is -0.989. The molecule has 0 fully saturated rings. The Hall–Kier alpha value is -3.40. The smallest absolute Gasteiger partial charge is 0.310 e. The molecule has 0 aliphatic carbocycles. The van der Waals surface area contributed by atoms with Gasteiger partial charge in [-0.05, 0) is 44.9 Å². The third kappa shape index (κ3) is 6.05. The molecule has 0 heterocycles. The second kappa shape index (κ2) is 10.1. The molecule has 160 valence electrons. The van der Waals surface area contributed by atoms with Gasteiger partial charge in [-0.15, -0.1) is 0 Å². The topological polar surface area (TPSA) is 52.6 Å². The highest BCUT2D eigenvalue weighted by atomic mass is 16.5. The summed E-state index contributed by atoms with van der Waals surface area (Å²) in [4.78, 5) is 25.7. The van der Waals surface area contributed by atoms with Crippen molar-refractivity contribution in [2.24, 2.45) is 0 Å². The van der Waals surface area contributed by atoms with E-state index in [2.05, 4.69) is 0 Å². The third-order valence-electron chi connectivity index (χ3n) is 5.11. The monoisotopic (exact) mass is 416 g/mol. The van der Waals surface area contributed by atoms with Crippen LogP contribution in [0.4, 0.5) is 0 Å². The maximum Gasteiger partial charge on any atom is 0.310 e. The van der Waals surface area contributed by atoms with Gasteiger partial charge in [0.2, 0.25) is 5.78 Å². The molecule has 0 N–H and O–H groups in total. The molecule has 0 saturated carbocycles. The number of benzene rings is 3. The highest BCUT2D eigenvalue weighted by Crippen LogP contribution is 2.25. The maximum atomic E-state index is 13.1. The van der Waals surface area contributed by atoms with E-state index in [9.17, 15) is 9.59 Å². The van der Waals surface area contributed by atoms with E-state index in [1.165, 1.54) is 0 Å². The average molecular weight is 417 g/mol. The van der Waals surface area contributed by atoms with Crippen molar-refractivity contribution < 1.29 is 19.1 Å². The SMILES string of the molecule is Cc1ccc(C(=O)[C@H](OC(=O)CCOc2cc(C)ccc2C)c2ccc(C)cc2)cc1. The molecule has 0 saturated heterocycles. The Morgan fingerprint density at radius 3 is 2.00 bits per heavy atom. The van der Waals surface area contributed by atoms with Gasteiger partial charge in [0.15, 0.2) is 6.10 Å². The molecule has 1 atom stereocenters. The molecule has 0 spiro atoms. The highest BCUT2D eigenvalue weighted by molar-refractivity contribution is 6.01. The first-order valence-corrected chi connectivity index (χ1v) is 10.4. The Bertz CT molecular complexity index is 1050. The van der Waals surface area contributed by atoms with Crippen molar-refractivity contribution in [2.45, 2.75) is 40.2 Å². The van der Waals surface area contributed by atoms with Gasteiger partial charge in [0.25, 0.3) is 0 Å². The number of aryl methyl sites for hydroxylation is 4. The molecule has 0 bridgehead atoms. The number of hydrogen-bond acceptors (Lipinski definition) is 4. The van der Waals surface area contributed by atoms with Crippen LogP contribution in [0.2, 0.25) is 0 Å². The van der Waals surface area contributed by atoms with E-state index in [4.69, 9.17) is 9.47 Å². The van der Waals surface area contributed by atoms with E-state index in [1.807, 2.05) is 82.3 Å². The normalized spacial score (nSPS) is 11.6. The zero-order valence-corrected chi connectivity index (χ0v) is 18.5. The molecule has 3 rings (SSSR count). The summed E-state index contributed by atoms with van der Waals surface area (Å²) in [5, 5.41) is 0. The van der Waals surface area contributed by atoms with Crippen LogP contribution in [0.3, 0.4) is 0 Å². The lowest BCUT2D eigenvalue weighted by molar-refractivity contribution is -0.147. The van der Waals surface area contributed by atoms with Gasteiger partial charge in [0.1, 0.15) is 5.75 Å². The van der Waals surface area contributed by atoms with Gasteiger partial charge in [0.05, 0.1) is 13.0 Å². The fraction of sp³-hybridized carbons (Fsp3) is 0.259. The second-order valence-electron chi connectivity index (χ2n) is 7.88. The number of esters is 1. The van der Waals surface area contributed by atoms with Gasteiger partial charge in [0, 0.05) is 11.1 Å². The minimum absolute atomic E-state index is 0.0525. The standard InChI is InChI=1S/C27H28O4/c1-18-6-11-22(12-7-18)26(29)27(23-13-8-19(2)9-14-23)31-25(28)15-16-30-24-17-20(3)5-10-21(24)4/h5-14,17,27H,15-16H2,1-4H3/t27-/m1/s1. The van der Waals surface area contributed by atoms with E-state index in [1.54, 1.807) is 12.1 Å². The lowest BCUT2D eigenvalue weighted by atomic mass is 9.98. The minimum Gasteiger partial charge on any atom is -0.493 e. The van der Waals surface area contributed by atoms with Crippen LogP contribution in [0.5, 0.6) is 5.75 Å². The molecule has 0 radical (unpaired) electrons. The predicted molar refractivity (Wildman–Crippen MR) is 122 cm³/mol. The van der Waals surface area contributed by atoms with Gasteiger partial charge in [-0.2, -0.15) is 0 Å². The number of hydrogen-bond donors (Lipinski definition) is 0. The summed E-state index contributed by atoms with van der Waals surface area (Å²) >= 11 is 0. The summed E-state index contributed by atoms with van der Waals surface area (Å²) in [5.41, 5.74) is 5.38. The maximum absolute atomic E-state index is 13.1. The van der Waals surface area contributed by atoms with Crippen molar-refractivity contribution in [1.29, 1.82) is 0 Å². The summed E-state index contributed by atoms with van der Waals surface area (Å²) in [6, 6.07) is 20.7. The summed E-state index contributed by atoms with van der Waals surface area (Å²) in [6.45, 7) is 8.06. The van der Waals surface area contributed by atoms with Crippen LogP contribution in [-0.2, 0) is 9.53 Å². The van der Waals surface area contributed by atoms with E-state index in [-0.39, 0.29) is 18.8 Å². The molecule has 0 amide bonds. The molecule has 0 aliphatic heterocycles. The van der Waals surface area contributed by atoms with Gasteiger partial charge in [-0.25, -0.2) is 0 Å². The molecule has 0 unspecified atom stereocenters. The summed E-state index contributed by atoms with van der Waals surface area (Å²) in [7, 11) is 0. The molecule has 31 heavy (non-hydrogen) atoms. The Labute approximate surface area is 183 Å². The van der Waals surface area contributed by atoms with Crippen molar-refractivity contribution in [3.8, 4) is 5.75 Å². The molecule has 0 aliphatic rings. The molecule has 0 aromatic heterocycles. The number of carbonyl (C=O) groups is 2. The molecule has 4 heteroatoms. The van der Waals surface area contributed by atoms with Gasteiger partial charge in [-0.3, -0.25) is 9.59 Å². The number of rotatable bonds is 8. The molecule has 3 aromatic rings. The van der Waals surface area contributed by atoms with Crippen LogP contribution < -0.4 is 4.74 Å². The predicted octanol–water partition coefficient (Wildman–Crippen LogP) is 5.86. The largest absolute Gasteiger partial charge is 0.493 e. The third-order valence-corrected chi connectivity index (χ3v) is 5.11. The van der Waals surface area contributed by atoms with Crippen LogP contribution in [0.15, 0.2) is 66.7 Å². The Balaban J connectivity index is 1.71. The lowest BCUT2D eigenvalue weighted by Gasteiger charge is -2.18. The lowest BCUT2D eigenvalue weighted by Crippen LogP contribution is -2.21. The summed E-state index contributed by atoms with van der Waals surface area (Å²) < 4.78 is 11.4.